The first-order valence-electron chi connectivity index (χ1n) is 6.22. The average molecular weight is 316 g/mol. The molecule has 0 heterocycles. The summed E-state index contributed by atoms with van der Waals surface area (Å²) in [4.78, 5) is 22.9. The van der Waals surface area contributed by atoms with E-state index in [1.807, 2.05) is 0 Å². The van der Waals surface area contributed by atoms with Gasteiger partial charge in [-0.3, -0.25) is 9.59 Å². The predicted molar refractivity (Wildman–Crippen MR) is 72.3 cm³/mol. The highest BCUT2D eigenvalue weighted by molar-refractivity contribution is 5.89. The van der Waals surface area contributed by atoms with Crippen molar-refractivity contribution >= 4 is 11.8 Å². The molecule has 2 amide bonds. The summed E-state index contributed by atoms with van der Waals surface area (Å²) in [6, 6.07) is 2.43. The van der Waals surface area contributed by atoms with Crippen LogP contribution in [-0.2, 0) is 15.8 Å². The van der Waals surface area contributed by atoms with E-state index in [-0.39, 0.29) is 12.0 Å². The van der Waals surface area contributed by atoms with Gasteiger partial charge in [0.2, 0.25) is 5.91 Å². The maximum atomic E-state index is 12.4. The monoisotopic (exact) mass is 316 g/mol. The summed E-state index contributed by atoms with van der Waals surface area (Å²) in [5.41, 5.74) is 4.14. The van der Waals surface area contributed by atoms with Crippen LogP contribution in [0.5, 0.6) is 0 Å². The number of hydrogen-bond acceptors (Lipinski definition) is 3. The molecule has 1 rings (SSSR count). The van der Waals surface area contributed by atoms with Crippen LogP contribution in [0.4, 0.5) is 13.2 Å². The minimum absolute atomic E-state index is 0.0349. The van der Waals surface area contributed by atoms with E-state index < -0.39 is 35.7 Å². The number of halogens is 3. The van der Waals surface area contributed by atoms with Gasteiger partial charge >= 0.3 is 6.18 Å². The fraction of sp³-hybridized carbons (Fsp3) is 0.286. The van der Waals surface area contributed by atoms with Gasteiger partial charge in [-0.1, -0.05) is 18.2 Å². The molecule has 0 fully saturated rings. The van der Waals surface area contributed by atoms with Crippen LogP contribution in [0.1, 0.15) is 23.7 Å². The Hall–Kier alpha value is -2.35. The van der Waals surface area contributed by atoms with Crippen LogP contribution in [0.15, 0.2) is 36.9 Å². The number of nitrogens with one attached hydrogen (secondary N) is 1. The quantitative estimate of drug-likeness (QED) is 0.690. The number of nitrogens with two attached hydrogens (primary N) is 1. The third kappa shape index (κ3) is 4.59. The lowest BCUT2D eigenvalue weighted by Crippen LogP contribution is -2.45. The van der Waals surface area contributed by atoms with E-state index >= 15 is 0 Å². The number of primary amides is 1. The van der Waals surface area contributed by atoms with Crippen LogP contribution in [0.2, 0.25) is 0 Å². The minimum atomic E-state index is -4.51. The van der Waals surface area contributed by atoms with Crippen LogP contribution in [0.25, 0.3) is 0 Å². The van der Waals surface area contributed by atoms with Crippen LogP contribution >= 0.6 is 0 Å². The van der Waals surface area contributed by atoms with Gasteiger partial charge in [0, 0.05) is 0 Å². The third-order valence-corrected chi connectivity index (χ3v) is 2.86. The second-order valence-corrected chi connectivity index (χ2v) is 4.51. The van der Waals surface area contributed by atoms with Crippen LogP contribution in [0, 0.1) is 0 Å². The van der Waals surface area contributed by atoms with Gasteiger partial charge < -0.3 is 16.2 Å². The molecule has 120 valence electrons. The fourth-order valence-electron chi connectivity index (χ4n) is 1.67. The Morgan fingerprint density at radius 3 is 2.27 bits per heavy atom. The van der Waals surface area contributed by atoms with Crippen LogP contribution in [0.3, 0.4) is 0 Å². The average Bonchev–Trinajstić information content (AvgIpc) is 2.45. The zero-order valence-electron chi connectivity index (χ0n) is 11.4. The highest BCUT2D eigenvalue weighted by atomic mass is 19.4. The number of benzene rings is 1. The molecule has 0 unspecified atom stereocenters. The number of amides is 2. The van der Waals surface area contributed by atoms with Crippen LogP contribution in [-0.4, -0.2) is 23.0 Å². The predicted octanol–water partition coefficient (Wildman–Crippen LogP) is 1.28. The van der Waals surface area contributed by atoms with Crippen molar-refractivity contribution in [2.45, 2.75) is 24.7 Å². The molecule has 0 radical (unpaired) electrons. The Morgan fingerprint density at radius 1 is 1.32 bits per heavy atom. The molecule has 0 aliphatic carbocycles. The molecule has 2 atom stereocenters. The zero-order chi connectivity index (χ0) is 16.9. The van der Waals surface area contributed by atoms with Crippen molar-refractivity contribution in [3.63, 3.8) is 0 Å². The molecule has 0 aromatic heterocycles. The number of alkyl halides is 3. The van der Waals surface area contributed by atoms with Gasteiger partial charge in [-0.05, 0) is 24.1 Å². The van der Waals surface area contributed by atoms with Gasteiger partial charge in [-0.25, -0.2) is 0 Å². The number of rotatable bonds is 6. The molecular formula is C14H15F3N2O3. The van der Waals surface area contributed by atoms with E-state index in [1.54, 1.807) is 0 Å². The molecule has 1 aromatic rings. The van der Waals surface area contributed by atoms with Crippen molar-refractivity contribution < 1.29 is 27.9 Å². The van der Waals surface area contributed by atoms with E-state index in [4.69, 9.17) is 5.73 Å². The van der Waals surface area contributed by atoms with Gasteiger partial charge in [-0.2, -0.15) is 13.2 Å². The highest BCUT2D eigenvalue weighted by Crippen LogP contribution is 2.29. The summed E-state index contributed by atoms with van der Waals surface area (Å²) in [5.74, 6) is -1.75. The Kier molecular flexibility index (Phi) is 5.69. The van der Waals surface area contributed by atoms with Crippen molar-refractivity contribution in [1.29, 1.82) is 0 Å². The molecule has 5 nitrogen and oxygen atoms in total. The van der Waals surface area contributed by atoms with E-state index in [1.165, 1.54) is 6.08 Å². The Morgan fingerprint density at radius 2 is 1.86 bits per heavy atom. The SMILES string of the molecule is C=CC[C@H](NC(=O)[C@@H](O)c1ccc(C(F)(F)F)cc1)C(N)=O. The molecular weight excluding hydrogens is 301 g/mol. The normalized spacial score (nSPS) is 14.0. The molecule has 0 spiro atoms. The standard InChI is InChI=1S/C14H15F3N2O3/c1-2-3-10(12(18)21)19-13(22)11(20)8-4-6-9(7-5-8)14(15,16)17/h2,4-7,10-11,20H,1,3H2,(H2,18,21)(H,19,22)/t10-,11-/m0/s1. The van der Waals surface area contributed by atoms with Gasteiger partial charge in [0.15, 0.2) is 6.10 Å². The van der Waals surface area contributed by atoms with Crippen molar-refractivity contribution in [3.05, 3.63) is 48.0 Å². The molecule has 22 heavy (non-hydrogen) atoms. The Labute approximate surface area is 124 Å². The smallest absolute Gasteiger partial charge is 0.378 e. The highest BCUT2D eigenvalue weighted by Gasteiger charge is 2.30. The largest absolute Gasteiger partial charge is 0.416 e. The van der Waals surface area contributed by atoms with E-state index in [0.29, 0.717) is 0 Å². The topological polar surface area (TPSA) is 92.4 Å². The number of hydrogen-bond donors (Lipinski definition) is 3. The first-order chi connectivity index (χ1) is 10.2. The number of aliphatic hydroxyl groups excluding tert-OH is 1. The van der Waals surface area contributed by atoms with Crippen molar-refractivity contribution in [1.82, 2.24) is 5.32 Å². The Balaban J connectivity index is 2.82. The summed E-state index contributed by atoms with van der Waals surface area (Å²) >= 11 is 0. The number of carbonyl (C=O) groups is 2. The third-order valence-electron chi connectivity index (χ3n) is 2.86. The first kappa shape index (κ1) is 17.7. The first-order valence-corrected chi connectivity index (χ1v) is 6.22. The summed E-state index contributed by atoms with van der Waals surface area (Å²) in [5, 5.41) is 12.0. The molecule has 0 aliphatic rings. The molecule has 8 heteroatoms. The lowest BCUT2D eigenvalue weighted by molar-refractivity contribution is -0.137. The molecule has 0 aliphatic heterocycles. The van der Waals surface area contributed by atoms with Gasteiger partial charge in [0.1, 0.15) is 6.04 Å². The molecule has 1 aromatic carbocycles. The summed E-state index contributed by atoms with van der Waals surface area (Å²) in [7, 11) is 0. The van der Waals surface area contributed by atoms with Crippen molar-refractivity contribution in [2.75, 3.05) is 0 Å². The van der Waals surface area contributed by atoms with Gasteiger partial charge in [-0.15, -0.1) is 6.58 Å². The van der Waals surface area contributed by atoms with Crippen molar-refractivity contribution in [2.24, 2.45) is 5.73 Å². The second-order valence-electron chi connectivity index (χ2n) is 4.51. The van der Waals surface area contributed by atoms with Gasteiger partial charge in [0.25, 0.3) is 5.91 Å². The summed E-state index contributed by atoms with van der Waals surface area (Å²) in [6.45, 7) is 3.40. The fourth-order valence-corrected chi connectivity index (χ4v) is 1.67. The summed E-state index contributed by atoms with van der Waals surface area (Å²) < 4.78 is 37.3. The number of carbonyl (C=O) groups excluding carboxylic acids is 2. The molecule has 0 bridgehead atoms. The van der Waals surface area contributed by atoms with Crippen LogP contribution < -0.4 is 11.1 Å². The Bertz CT molecular complexity index is 555. The molecule has 0 saturated carbocycles. The number of aliphatic hydroxyl groups is 1. The van der Waals surface area contributed by atoms with Crippen molar-refractivity contribution in [3.8, 4) is 0 Å². The maximum absolute atomic E-state index is 12.4. The van der Waals surface area contributed by atoms with E-state index in [2.05, 4.69) is 11.9 Å². The lowest BCUT2D eigenvalue weighted by atomic mass is 10.1. The van der Waals surface area contributed by atoms with E-state index in [0.717, 1.165) is 24.3 Å². The van der Waals surface area contributed by atoms with E-state index in [9.17, 15) is 27.9 Å². The summed E-state index contributed by atoms with van der Waals surface area (Å²) in [6.07, 6.45) is -4.79. The lowest BCUT2D eigenvalue weighted by Gasteiger charge is -2.17. The van der Waals surface area contributed by atoms with Gasteiger partial charge in [0.05, 0.1) is 5.56 Å². The second kappa shape index (κ2) is 7.08. The maximum Gasteiger partial charge on any atom is 0.416 e. The zero-order valence-corrected chi connectivity index (χ0v) is 11.4. The minimum Gasteiger partial charge on any atom is -0.378 e. The molecule has 0 saturated heterocycles. The molecule has 4 N–H and O–H groups in total.